The Morgan fingerprint density at radius 3 is 2.33 bits per heavy atom. The molecule has 1 aliphatic rings. The fourth-order valence-corrected chi connectivity index (χ4v) is 3.23. The molecule has 1 saturated heterocycles. The highest BCUT2D eigenvalue weighted by Gasteiger charge is 2.68. The van der Waals surface area contributed by atoms with Gasteiger partial charge >= 0.3 is 12.2 Å². The SMILES string of the molecule is CN(CCOc1ccc(Cl)cc1)CN1C(=O)NC(c2ccccc2)(C(F)(F)F)C1=O. The summed E-state index contributed by atoms with van der Waals surface area (Å²) in [7, 11) is 1.57. The maximum atomic E-state index is 13.9. The molecule has 1 heterocycles. The number of nitrogens with one attached hydrogen (secondary N) is 1. The Morgan fingerprint density at radius 1 is 1.10 bits per heavy atom. The second-order valence-corrected chi connectivity index (χ2v) is 7.24. The highest BCUT2D eigenvalue weighted by atomic mass is 35.5. The highest BCUT2D eigenvalue weighted by molar-refractivity contribution is 6.30. The van der Waals surface area contributed by atoms with Crippen LogP contribution in [0.2, 0.25) is 5.02 Å². The smallest absolute Gasteiger partial charge is 0.425 e. The van der Waals surface area contributed by atoms with Crippen molar-refractivity contribution in [3.63, 3.8) is 0 Å². The summed E-state index contributed by atoms with van der Waals surface area (Å²) in [5.41, 5.74) is -3.45. The van der Waals surface area contributed by atoms with E-state index >= 15 is 0 Å². The number of halogens is 4. The van der Waals surface area contributed by atoms with E-state index in [0.717, 1.165) is 0 Å². The first-order valence-electron chi connectivity index (χ1n) is 8.98. The summed E-state index contributed by atoms with van der Waals surface area (Å²) < 4.78 is 47.4. The summed E-state index contributed by atoms with van der Waals surface area (Å²) in [5.74, 6) is -0.792. The third-order valence-electron chi connectivity index (χ3n) is 4.68. The van der Waals surface area contributed by atoms with Crippen molar-refractivity contribution in [2.45, 2.75) is 11.7 Å². The zero-order valence-electron chi connectivity index (χ0n) is 15.9. The van der Waals surface area contributed by atoms with Gasteiger partial charge in [0.2, 0.25) is 5.54 Å². The predicted molar refractivity (Wildman–Crippen MR) is 104 cm³/mol. The monoisotopic (exact) mass is 441 g/mol. The van der Waals surface area contributed by atoms with Crippen molar-refractivity contribution < 1.29 is 27.5 Å². The molecule has 2 aromatic carbocycles. The molecule has 1 N–H and O–H groups in total. The standard InChI is InChI=1S/C20H19ClF3N3O3/c1-26(11-12-30-16-9-7-15(21)8-10-16)13-27-17(28)19(20(22,23)24,25-18(27)29)14-5-3-2-4-6-14/h2-10H,11-13H2,1H3,(H,25,29). The Bertz CT molecular complexity index is 909. The van der Waals surface area contributed by atoms with Gasteiger partial charge in [-0.25, -0.2) is 9.69 Å². The number of amides is 3. The molecule has 10 heteroatoms. The van der Waals surface area contributed by atoms with Gasteiger partial charge in [0.15, 0.2) is 0 Å². The van der Waals surface area contributed by atoms with Crippen LogP contribution in [-0.4, -0.2) is 54.8 Å². The number of rotatable bonds is 7. The van der Waals surface area contributed by atoms with E-state index < -0.39 is 23.7 Å². The van der Waals surface area contributed by atoms with Crippen molar-refractivity contribution in [3.05, 3.63) is 65.2 Å². The Hall–Kier alpha value is -2.78. The molecule has 0 spiro atoms. The number of benzene rings is 2. The van der Waals surface area contributed by atoms with Crippen molar-refractivity contribution in [3.8, 4) is 5.75 Å². The average molecular weight is 442 g/mol. The van der Waals surface area contributed by atoms with E-state index in [1.165, 1.54) is 35.2 Å². The molecule has 3 rings (SSSR count). The number of nitrogens with zero attached hydrogens (tertiary/aromatic N) is 2. The molecule has 0 radical (unpaired) electrons. The van der Waals surface area contributed by atoms with E-state index in [0.29, 0.717) is 15.7 Å². The Labute approximate surface area is 176 Å². The molecule has 0 aromatic heterocycles. The van der Waals surface area contributed by atoms with Crippen molar-refractivity contribution >= 4 is 23.5 Å². The minimum Gasteiger partial charge on any atom is -0.492 e. The number of hydrogen-bond donors (Lipinski definition) is 1. The van der Waals surface area contributed by atoms with Crippen molar-refractivity contribution in [1.29, 1.82) is 0 Å². The van der Waals surface area contributed by atoms with Crippen LogP contribution in [0.5, 0.6) is 5.75 Å². The lowest BCUT2D eigenvalue weighted by Gasteiger charge is -2.30. The maximum Gasteiger partial charge on any atom is 0.425 e. The van der Waals surface area contributed by atoms with Gasteiger partial charge in [-0.1, -0.05) is 41.9 Å². The Kier molecular flexibility index (Phi) is 6.23. The van der Waals surface area contributed by atoms with Crippen molar-refractivity contribution in [2.75, 3.05) is 26.9 Å². The number of carbonyl (C=O) groups is 2. The third kappa shape index (κ3) is 4.22. The lowest BCUT2D eigenvalue weighted by molar-refractivity contribution is -0.198. The number of imide groups is 1. The van der Waals surface area contributed by atoms with Gasteiger partial charge in [0, 0.05) is 11.6 Å². The van der Waals surface area contributed by atoms with Gasteiger partial charge in [-0.3, -0.25) is 9.69 Å². The number of alkyl halides is 3. The van der Waals surface area contributed by atoms with Crippen molar-refractivity contribution in [1.82, 2.24) is 15.1 Å². The summed E-state index contributed by atoms with van der Waals surface area (Å²) in [6, 6.07) is 12.2. The molecule has 3 amide bonds. The molecule has 1 aliphatic heterocycles. The summed E-state index contributed by atoms with van der Waals surface area (Å²) >= 11 is 5.80. The van der Waals surface area contributed by atoms with Gasteiger partial charge in [-0.2, -0.15) is 13.2 Å². The van der Waals surface area contributed by atoms with Gasteiger partial charge in [0.05, 0.1) is 6.67 Å². The van der Waals surface area contributed by atoms with Crippen LogP contribution in [0.4, 0.5) is 18.0 Å². The van der Waals surface area contributed by atoms with E-state index in [9.17, 15) is 22.8 Å². The zero-order valence-corrected chi connectivity index (χ0v) is 16.7. The van der Waals surface area contributed by atoms with Gasteiger partial charge < -0.3 is 10.1 Å². The van der Waals surface area contributed by atoms with Crippen LogP contribution in [0, 0.1) is 0 Å². The van der Waals surface area contributed by atoms with E-state index in [-0.39, 0.29) is 25.4 Å². The largest absolute Gasteiger partial charge is 0.492 e. The summed E-state index contributed by atoms with van der Waals surface area (Å²) in [6.07, 6.45) is -5.01. The zero-order chi connectivity index (χ0) is 21.9. The minimum atomic E-state index is -5.01. The lowest BCUT2D eigenvalue weighted by Crippen LogP contribution is -2.56. The normalized spacial score (nSPS) is 19.3. The second-order valence-electron chi connectivity index (χ2n) is 6.80. The summed E-state index contributed by atoms with van der Waals surface area (Å²) in [5, 5.41) is 2.42. The van der Waals surface area contributed by atoms with Crippen molar-refractivity contribution in [2.24, 2.45) is 0 Å². The first kappa shape index (κ1) is 21.9. The molecule has 30 heavy (non-hydrogen) atoms. The Morgan fingerprint density at radius 2 is 1.73 bits per heavy atom. The number of likely N-dealkylation sites (N-methyl/N-ethyl adjacent to an activating group) is 1. The van der Waals surface area contributed by atoms with Gasteiger partial charge in [-0.15, -0.1) is 0 Å². The molecule has 1 atom stereocenters. The number of hydrogen-bond acceptors (Lipinski definition) is 4. The number of ether oxygens (including phenoxy) is 1. The van der Waals surface area contributed by atoms with Crippen LogP contribution in [0.15, 0.2) is 54.6 Å². The first-order chi connectivity index (χ1) is 14.1. The highest BCUT2D eigenvalue weighted by Crippen LogP contribution is 2.43. The van der Waals surface area contributed by atoms with E-state index in [2.05, 4.69) is 0 Å². The third-order valence-corrected chi connectivity index (χ3v) is 4.93. The fourth-order valence-electron chi connectivity index (χ4n) is 3.11. The quantitative estimate of drug-likeness (QED) is 0.667. The first-order valence-corrected chi connectivity index (χ1v) is 9.36. The molecule has 6 nitrogen and oxygen atoms in total. The summed E-state index contributed by atoms with van der Waals surface area (Å²) in [6.45, 7) is 0.147. The maximum absolute atomic E-state index is 13.9. The molecule has 1 fully saturated rings. The van der Waals surface area contributed by atoms with Crippen LogP contribution in [0.3, 0.4) is 0 Å². The topological polar surface area (TPSA) is 61.9 Å². The average Bonchev–Trinajstić information content (AvgIpc) is 2.96. The molecule has 0 saturated carbocycles. The van der Waals surface area contributed by atoms with Crippen LogP contribution in [0.25, 0.3) is 0 Å². The predicted octanol–water partition coefficient (Wildman–Crippen LogP) is 3.62. The molecule has 160 valence electrons. The van der Waals surface area contributed by atoms with Gasteiger partial charge in [0.25, 0.3) is 5.91 Å². The van der Waals surface area contributed by atoms with Gasteiger partial charge in [-0.05, 0) is 36.9 Å². The lowest BCUT2D eigenvalue weighted by atomic mass is 9.89. The summed E-state index contributed by atoms with van der Waals surface area (Å²) in [4.78, 5) is 27.2. The fraction of sp³-hybridized carbons (Fsp3) is 0.300. The van der Waals surface area contributed by atoms with Crippen LogP contribution < -0.4 is 10.1 Å². The molecule has 0 bridgehead atoms. The van der Waals surface area contributed by atoms with E-state index in [1.807, 2.05) is 5.32 Å². The number of carbonyl (C=O) groups excluding carboxylic acids is 2. The molecule has 0 aliphatic carbocycles. The van der Waals surface area contributed by atoms with Crippen LogP contribution >= 0.6 is 11.6 Å². The van der Waals surface area contributed by atoms with Crippen LogP contribution in [-0.2, 0) is 10.3 Å². The van der Waals surface area contributed by atoms with E-state index in [4.69, 9.17) is 16.3 Å². The number of urea groups is 1. The molecular formula is C20H19ClF3N3O3. The molecular weight excluding hydrogens is 423 g/mol. The Balaban J connectivity index is 1.68. The van der Waals surface area contributed by atoms with Crippen LogP contribution in [0.1, 0.15) is 5.56 Å². The second kappa shape index (κ2) is 8.53. The molecule has 2 aromatic rings. The minimum absolute atomic E-state index is 0.199. The van der Waals surface area contributed by atoms with Gasteiger partial charge in [0.1, 0.15) is 12.4 Å². The molecule has 1 unspecified atom stereocenters. The van der Waals surface area contributed by atoms with E-state index in [1.54, 1.807) is 31.3 Å².